The van der Waals surface area contributed by atoms with Crippen LogP contribution in [0, 0.1) is 5.82 Å². The van der Waals surface area contributed by atoms with E-state index in [-0.39, 0.29) is 5.82 Å². The summed E-state index contributed by atoms with van der Waals surface area (Å²) >= 11 is 1.35. The standard InChI is InChI=1S/C29H32BFN2O4S/c1-28(2)29(3,4)37-30(36-28)21-15-24(31)26-25(16-21)32-27(38-26)33(17-19-7-11-22(34-5)12-8-19)18-20-9-13-23(35-6)14-10-20/h7-16H,17-18H2,1-6H3. The van der Waals surface area contributed by atoms with Crippen LogP contribution in [0.25, 0.3) is 10.2 Å². The van der Waals surface area contributed by atoms with Crippen molar-refractivity contribution in [1.82, 2.24) is 4.98 Å². The molecule has 5 rings (SSSR count). The largest absolute Gasteiger partial charge is 0.497 e. The molecule has 1 aliphatic heterocycles. The zero-order valence-corrected chi connectivity index (χ0v) is 23.4. The van der Waals surface area contributed by atoms with Crippen molar-refractivity contribution in [3.8, 4) is 11.5 Å². The minimum absolute atomic E-state index is 0.329. The maximum atomic E-state index is 15.4. The molecule has 1 fully saturated rings. The third-order valence-corrected chi connectivity index (χ3v) is 8.46. The fraction of sp³-hybridized carbons (Fsp3) is 0.345. The highest BCUT2D eigenvalue weighted by Crippen LogP contribution is 2.38. The van der Waals surface area contributed by atoms with Crippen LogP contribution < -0.4 is 19.8 Å². The van der Waals surface area contributed by atoms with Gasteiger partial charge >= 0.3 is 7.12 Å². The maximum Gasteiger partial charge on any atom is 0.495 e. The molecule has 0 aliphatic carbocycles. The van der Waals surface area contributed by atoms with Gasteiger partial charge in [-0.3, -0.25) is 0 Å². The lowest BCUT2D eigenvalue weighted by Crippen LogP contribution is -2.41. The summed E-state index contributed by atoms with van der Waals surface area (Å²) < 4.78 is 38.8. The molecule has 6 nitrogen and oxygen atoms in total. The molecule has 9 heteroatoms. The minimum atomic E-state index is -0.654. The van der Waals surface area contributed by atoms with Crippen molar-refractivity contribution in [3.63, 3.8) is 0 Å². The van der Waals surface area contributed by atoms with Crippen LogP contribution >= 0.6 is 11.3 Å². The van der Waals surface area contributed by atoms with Crippen LogP contribution in [-0.4, -0.2) is 37.5 Å². The number of nitrogens with zero attached hydrogens (tertiary/aromatic N) is 2. The van der Waals surface area contributed by atoms with E-state index < -0.39 is 18.3 Å². The Kier molecular flexibility index (Phi) is 7.11. The Balaban J connectivity index is 1.48. The van der Waals surface area contributed by atoms with Crippen molar-refractivity contribution in [1.29, 1.82) is 0 Å². The molecule has 0 atom stereocenters. The Morgan fingerprint density at radius 3 is 1.82 bits per heavy atom. The van der Waals surface area contributed by atoms with Gasteiger partial charge in [0.15, 0.2) is 5.13 Å². The highest BCUT2D eigenvalue weighted by molar-refractivity contribution is 7.22. The van der Waals surface area contributed by atoms with Crippen molar-refractivity contribution in [2.45, 2.75) is 52.0 Å². The second-order valence-electron chi connectivity index (χ2n) is 10.5. The number of anilines is 1. The van der Waals surface area contributed by atoms with Crippen LogP contribution in [-0.2, 0) is 22.4 Å². The average molecular weight is 534 g/mol. The van der Waals surface area contributed by atoms with Gasteiger partial charge in [0.05, 0.1) is 35.6 Å². The SMILES string of the molecule is COc1ccc(CN(Cc2ccc(OC)cc2)c2nc3cc(B4OC(C)(C)C(C)(C)O4)cc(F)c3s2)cc1. The van der Waals surface area contributed by atoms with Crippen LogP contribution in [0.3, 0.4) is 0 Å². The van der Waals surface area contributed by atoms with Crippen molar-refractivity contribution >= 4 is 39.3 Å². The van der Waals surface area contributed by atoms with Crippen LogP contribution in [0.15, 0.2) is 60.7 Å². The molecule has 2 heterocycles. The van der Waals surface area contributed by atoms with Gasteiger partial charge in [0.2, 0.25) is 0 Å². The third-order valence-electron chi connectivity index (χ3n) is 7.32. The third kappa shape index (κ3) is 5.23. The lowest BCUT2D eigenvalue weighted by molar-refractivity contribution is 0.00578. The summed E-state index contributed by atoms with van der Waals surface area (Å²) in [6, 6.07) is 19.3. The minimum Gasteiger partial charge on any atom is -0.497 e. The molecule has 0 amide bonds. The van der Waals surface area contributed by atoms with E-state index >= 15 is 4.39 Å². The smallest absolute Gasteiger partial charge is 0.495 e. The fourth-order valence-corrected chi connectivity index (χ4v) is 5.30. The lowest BCUT2D eigenvalue weighted by Gasteiger charge is -2.32. The summed E-state index contributed by atoms with van der Waals surface area (Å²) in [4.78, 5) is 7.04. The molecule has 1 aromatic heterocycles. The molecule has 0 saturated carbocycles. The van der Waals surface area contributed by atoms with E-state index in [9.17, 15) is 0 Å². The normalized spacial score (nSPS) is 16.1. The Bertz CT molecular complexity index is 1360. The number of aromatic nitrogens is 1. The number of benzene rings is 3. The number of halogens is 1. The van der Waals surface area contributed by atoms with Gasteiger partial charge in [-0.05, 0) is 80.7 Å². The van der Waals surface area contributed by atoms with Gasteiger partial charge in [-0.25, -0.2) is 9.37 Å². The van der Waals surface area contributed by atoms with Gasteiger partial charge in [0.1, 0.15) is 17.3 Å². The highest BCUT2D eigenvalue weighted by Gasteiger charge is 2.51. The van der Waals surface area contributed by atoms with E-state index in [0.717, 1.165) is 27.8 Å². The molecule has 3 aromatic carbocycles. The van der Waals surface area contributed by atoms with Gasteiger partial charge in [-0.1, -0.05) is 35.6 Å². The predicted octanol–water partition coefficient (Wildman–Crippen LogP) is 5.96. The second-order valence-corrected chi connectivity index (χ2v) is 11.5. The van der Waals surface area contributed by atoms with E-state index in [1.807, 2.05) is 82.3 Å². The summed E-state index contributed by atoms with van der Waals surface area (Å²) in [5.74, 6) is 1.27. The van der Waals surface area contributed by atoms with E-state index in [4.69, 9.17) is 23.8 Å². The molecule has 0 radical (unpaired) electrons. The van der Waals surface area contributed by atoms with Crippen molar-refractivity contribution in [2.24, 2.45) is 0 Å². The topological polar surface area (TPSA) is 53.1 Å². The number of thiazole rings is 1. The summed E-state index contributed by atoms with van der Waals surface area (Å²) in [5.41, 5.74) is 2.38. The number of ether oxygens (including phenoxy) is 2. The Morgan fingerprint density at radius 2 is 1.34 bits per heavy atom. The Hall–Kier alpha value is -3.14. The highest BCUT2D eigenvalue weighted by atomic mass is 32.1. The van der Waals surface area contributed by atoms with Crippen LogP contribution in [0.1, 0.15) is 38.8 Å². The van der Waals surface area contributed by atoms with E-state index in [1.54, 1.807) is 14.2 Å². The van der Waals surface area contributed by atoms with Crippen molar-refractivity contribution in [2.75, 3.05) is 19.1 Å². The van der Waals surface area contributed by atoms with Gasteiger partial charge in [0.25, 0.3) is 0 Å². The summed E-state index contributed by atoms with van der Waals surface area (Å²) in [6.07, 6.45) is 0. The molecular formula is C29H32BFN2O4S. The first kappa shape index (κ1) is 26.5. The molecule has 0 unspecified atom stereocenters. The summed E-state index contributed by atoms with van der Waals surface area (Å²) in [7, 11) is 2.65. The van der Waals surface area contributed by atoms with E-state index in [1.165, 1.54) is 17.4 Å². The van der Waals surface area contributed by atoms with Gasteiger partial charge < -0.3 is 23.7 Å². The van der Waals surface area contributed by atoms with E-state index in [2.05, 4.69) is 4.90 Å². The second kappa shape index (κ2) is 10.2. The first-order valence-corrected chi connectivity index (χ1v) is 13.4. The monoisotopic (exact) mass is 534 g/mol. The lowest BCUT2D eigenvalue weighted by atomic mass is 9.79. The first-order chi connectivity index (χ1) is 18.1. The number of methoxy groups -OCH3 is 2. The average Bonchev–Trinajstić information content (AvgIpc) is 3.42. The molecule has 38 heavy (non-hydrogen) atoms. The molecule has 0 N–H and O–H groups in total. The maximum absolute atomic E-state index is 15.4. The van der Waals surface area contributed by atoms with Crippen molar-refractivity contribution < 1.29 is 23.2 Å². The molecule has 0 bridgehead atoms. The van der Waals surface area contributed by atoms with E-state index in [0.29, 0.717) is 28.8 Å². The van der Waals surface area contributed by atoms with Crippen LogP contribution in [0.5, 0.6) is 11.5 Å². The van der Waals surface area contributed by atoms with Crippen LogP contribution in [0.2, 0.25) is 0 Å². The quantitative estimate of drug-likeness (QED) is 0.260. The molecule has 1 aliphatic rings. The number of hydrogen-bond acceptors (Lipinski definition) is 7. The molecule has 0 spiro atoms. The van der Waals surface area contributed by atoms with Gasteiger partial charge in [-0.15, -0.1) is 0 Å². The molecule has 4 aromatic rings. The number of hydrogen-bond donors (Lipinski definition) is 0. The van der Waals surface area contributed by atoms with Crippen LogP contribution in [0.4, 0.5) is 9.52 Å². The van der Waals surface area contributed by atoms with Gasteiger partial charge in [0, 0.05) is 13.1 Å². The molecular weight excluding hydrogens is 502 g/mol. The molecule has 1 saturated heterocycles. The van der Waals surface area contributed by atoms with Crippen molar-refractivity contribution in [3.05, 3.63) is 77.6 Å². The summed E-state index contributed by atoms with van der Waals surface area (Å²) in [5, 5.41) is 0.733. The Morgan fingerprint density at radius 1 is 0.842 bits per heavy atom. The molecule has 198 valence electrons. The zero-order valence-electron chi connectivity index (χ0n) is 22.6. The first-order valence-electron chi connectivity index (χ1n) is 12.5. The number of fused-ring (bicyclic) bond motifs is 1. The van der Waals surface area contributed by atoms with Gasteiger partial charge in [-0.2, -0.15) is 0 Å². The number of rotatable bonds is 8. The zero-order chi connectivity index (χ0) is 27.1. The predicted molar refractivity (Wildman–Crippen MR) is 151 cm³/mol. The Labute approximate surface area is 227 Å². The summed E-state index contributed by atoms with van der Waals surface area (Å²) in [6.45, 7) is 9.14. The fourth-order valence-electron chi connectivity index (χ4n) is 4.34.